The zero-order chi connectivity index (χ0) is 34.4. The number of nitriles is 1. The van der Waals surface area contributed by atoms with Gasteiger partial charge in [0, 0.05) is 61.3 Å². The number of aliphatic hydroxyl groups excluding tert-OH is 1. The molecule has 252 valence electrons. The highest BCUT2D eigenvalue weighted by molar-refractivity contribution is 7.89. The maximum atomic E-state index is 13.9. The van der Waals surface area contributed by atoms with Crippen molar-refractivity contribution in [1.82, 2.24) is 28.6 Å². The molecular weight excluding hydrogens is 668 g/mol. The van der Waals surface area contributed by atoms with E-state index in [-0.39, 0.29) is 55.2 Å². The number of fused-ring (bicyclic) bond motifs is 1. The molecule has 2 aliphatic rings. The minimum atomic E-state index is -3.42. The molecule has 0 unspecified atom stereocenters. The van der Waals surface area contributed by atoms with Crippen LogP contribution in [0.2, 0.25) is 5.02 Å². The van der Waals surface area contributed by atoms with Crippen LogP contribution in [0.3, 0.4) is 0 Å². The molecule has 2 aliphatic heterocycles. The summed E-state index contributed by atoms with van der Waals surface area (Å²) in [5.74, 6) is -1.09. The van der Waals surface area contributed by atoms with Crippen LogP contribution < -0.4 is 9.64 Å². The third-order valence-corrected chi connectivity index (χ3v) is 10.5. The molecule has 0 saturated carbocycles. The lowest BCUT2D eigenvalue weighted by molar-refractivity contribution is -0.195. The van der Waals surface area contributed by atoms with E-state index in [0.717, 1.165) is 0 Å². The summed E-state index contributed by atoms with van der Waals surface area (Å²) in [6, 6.07) is 7.85. The number of nitrogens with zero attached hydrogens (tertiary/aromatic N) is 8. The Hall–Kier alpha value is -4.60. The zero-order valence-electron chi connectivity index (χ0n) is 25.8. The molecule has 2 N–H and O–H groups in total. The van der Waals surface area contributed by atoms with Gasteiger partial charge in [-0.3, -0.25) is 14.1 Å². The van der Waals surface area contributed by atoms with Crippen LogP contribution in [0.5, 0.6) is 5.75 Å². The molecule has 1 aromatic carbocycles. The fraction of sp³-hybridized carbons (Fsp3) is 0.400. The van der Waals surface area contributed by atoms with Gasteiger partial charge in [0.25, 0.3) is 0 Å². The molecule has 5 heterocycles. The van der Waals surface area contributed by atoms with Gasteiger partial charge in [-0.15, -0.1) is 0 Å². The van der Waals surface area contributed by atoms with Crippen molar-refractivity contribution >= 4 is 50.3 Å². The van der Waals surface area contributed by atoms with Crippen LogP contribution in [0.1, 0.15) is 26.2 Å². The molecule has 48 heavy (non-hydrogen) atoms. The fourth-order valence-electron chi connectivity index (χ4n) is 5.87. The molecule has 2 fully saturated rings. The molecule has 6 rings (SSSR count). The average Bonchev–Trinajstić information content (AvgIpc) is 3.70. The first-order valence-corrected chi connectivity index (χ1v) is 16.9. The van der Waals surface area contributed by atoms with Gasteiger partial charge in [-0.1, -0.05) is 11.6 Å². The number of carboxylic acids is 1. The van der Waals surface area contributed by atoms with E-state index >= 15 is 0 Å². The van der Waals surface area contributed by atoms with Crippen LogP contribution in [-0.2, 0) is 25.1 Å². The normalized spacial score (nSPS) is 20.9. The van der Waals surface area contributed by atoms with Crippen LogP contribution in [0.15, 0.2) is 49.2 Å². The molecule has 0 spiro atoms. The summed E-state index contributed by atoms with van der Waals surface area (Å²) in [6.45, 7) is 1.81. The maximum absolute atomic E-state index is 13.9. The Balaban J connectivity index is 1.27. The zero-order valence-corrected chi connectivity index (χ0v) is 27.4. The summed E-state index contributed by atoms with van der Waals surface area (Å²) in [6.07, 6.45) is 2.82. The third kappa shape index (κ3) is 6.08. The van der Waals surface area contributed by atoms with Crippen molar-refractivity contribution in [2.45, 2.75) is 50.2 Å². The number of carbonyl (C=O) groups is 2. The first-order valence-electron chi connectivity index (χ1n) is 14.9. The summed E-state index contributed by atoms with van der Waals surface area (Å²) in [4.78, 5) is 35.4. The number of amides is 1. The maximum Gasteiger partial charge on any atom is 0.334 e. The highest BCUT2D eigenvalue weighted by Crippen LogP contribution is 2.37. The standard InChI is InChI=1S/C30H31ClN8O8S/c1-3-48(44,45)37-15-30(16-37,7-8-32)39-14-18(13-35-39)26-21-6-9-38(27(21)34-17-33-26)29(43)36(2)22-10-19(31)4-5-23(22)46-25-12-20(40)11-24(47-25)28(41)42/h4-6,9-10,13-14,17,20,24-25,40H,3,7,11-12,15-16H2,1-2H3,(H,41,42)/t20-,24-,25+/m0/s1. The third-order valence-electron chi connectivity index (χ3n) is 8.51. The van der Waals surface area contributed by atoms with Gasteiger partial charge in [-0.05, 0) is 31.2 Å². The molecule has 2 saturated heterocycles. The summed E-state index contributed by atoms with van der Waals surface area (Å²) < 4.78 is 40.4. The summed E-state index contributed by atoms with van der Waals surface area (Å²) in [5.41, 5.74) is 0.765. The molecule has 4 aromatic rings. The fourth-order valence-corrected chi connectivity index (χ4v) is 7.27. The number of hydrogen-bond acceptors (Lipinski definition) is 11. The lowest BCUT2D eigenvalue weighted by Crippen LogP contribution is -2.64. The van der Waals surface area contributed by atoms with Gasteiger partial charge in [-0.2, -0.15) is 14.7 Å². The van der Waals surface area contributed by atoms with Crippen LogP contribution in [-0.4, -0.2) is 104 Å². The van der Waals surface area contributed by atoms with Crippen molar-refractivity contribution in [3.8, 4) is 23.1 Å². The van der Waals surface area contributed by atoms with Gasteiger partial charge in [0.05, 0.1) is 41.9 Å². The predicted octanol–water partition coefficient (Wildman–Crippen LogP) is 2.66. The number of sulfonamides is 1. The van der Waals surface area contributed by atoms with Gasteiger partial charge >= 0.3 is 12.0 Å². The molecule has 0 bridgehead atoms. The summed E-state index contributed by atoms with van der Waals surface area (Å²) in [5, 5.41) is 34.4. The number of aliphatic hydroxyl groups is 1. The van der Waals surface area contributed by atoms with Crippen molar-refractivity contribution in [2.24, 2.45) is 0 Å². The molecule has 16 nitrogen and oxygen atoms in total. The van der Waals surface area contributed by atoms with Crippen LogP contribution in [0.4, 0.5) is 10.5 Å². The molecule has 3 atom stereocenters. The first-order chi connectivity index (χ1) is 22.9. The van der Waals surface area contributed by atoms with E-state index in [0.29, 0.717) is 21.7 Å². The van der Waals surface area contributed by atoms with Crippen LogP contribution in [0, 0.1) is 11.3 Å². The number of carboxylic acid groups (broad SMARTS) is 1. The lowest BCUT2D eigenvalue weighted by Gasteiger charge is -2.47. The monoisotopic (exact) mass is 698 g/mol. The van der Waals surface area contributed by atoms with Gasteiger partial charge in [-0.25, -0.2) is 28.0 Å². The van der Waals surface area contributed by atoms with Crippen molar-refractivity contribution in [3.05, 3.63) is 54.2 Å². The first kappa shape index (κ1) is 33.3. The highest BCUT2D eigenvalue weighted by atomic mass is 35.5. The number of anilines is 1. The Labute approximate surface area is 279 Å². The second kappa shape index (κ2) is 12.8. The summed E-state index contributed by atoms with van der Waals surface area (Å²) >= 11 is 6.28. The number of halogens is 1. The number of ether oxygens (including phenoxy) is 2. The number of hydrogen-bond donors (Lipinski definition) is 2. The Morgan fingerprint density at radius 1 is 1.25 bits per heavy atom. The molecule has 3 aromatic heterocycles. The smallest absolute Gasteiger partial charge is 0.334 e. The van der Waals surface area contributed by atoms with E-state index in [1.165, 1.54) is 45.5 Å². The van der Waals surface area contributed by atoms with E-state index < -0.39 is 46.1 Å². The van der Waals surface area contributed by atoms with Crippen molar-refractivity contribution in [1.29, 1.82) is 5.26 Å². The molecular formula is C30H31ClN8O8S. The Morgan fingerprint density at radius 3 is 2.73 bits per heavy atom. The van der Waals surface area contributed by atoms with Crippen molar-refractivity contribution < 1.29 is 37.7 Å². The van der Waals surface area contributed by atoms with Gasteiger partial charge in [0.2, 0.25) is 16.3 Å². The average molecular weight is 699 g/mol. The minimum absolute atomic E-state index is 0.0236. The Kier molecular flexibility index (Phi) is 8.87. The quantitative estimate of drug-likeness (QED) is 0.259. The van der Waals surface area contributed by atoms with Crippen molar-refractivity contribution in [3.63, 3.8) is 0 Å². The van der Waals surface area contributed by atoms with E-state index in [1.807, 2.05) is 0 Å². The largest absolute Gasteiger partial charge is 0.479 e. The number of aliphatic carboxylic acids is 1. The van der Waals surface area contributed by atoms with Crippen molar-refractivity contribution in [2.75, 3.05) is 30.8 Å². The number of rotatable bonds is 9. The number of carbonyl (C=O) groups excluding carboxylic acids is 1. The molecule has 0 aliphatic carbocycles. The van der Waals surface area contributed by atoms with Gasteiger partial charge < -0.3 is 19.7 Å². The second-order valence-corrected chi connectivity index (χ2v) is 14.3. The van der Waals surface area contributed by atoms with Crippen LogP contribution >= 0.6 is 11.6 Å². The van der Waals surface area contributed by atoms with E-state index in [1.54, 1.807) is 36.1 Å². The summed E-state index contributed by atoms with van der Waals surface area (Å²) in [7, 11) is -1.91. The topological polar surface area (TPSA) is 206 Å². The minimum Gasteiger partial charge on any atom is -0.479 e. The van der Waals surface area contributed by atoms with Gasteiger partial charge in [0.15, 0.2) is 11.8 Å². The van der Waals surface area contributed by atoms with E-state index in [4.69, 9.17) is 21.1 Å². The second-order valence-electron chi connectivity index (χ2n) is 11.6. The van der Waals surface area contributed by atoms with E-state index in [2.05, 4.69) is 21.1 Å². The predicted molar refractivity (Wildman–Crippen MR) is 171 cm³/mol. The van der Waals surface area contributed by atoms with Crippen LogP contribution in [0.25, 0.3) is 22.3 Å². The SMILES string of the molecule is CCS(=O)(=O)N1CC(CC#N)(n2cc(-c3ncnc4c3ccn4C(=O)N(C)c3cc(Cl)ccc3O[C@H]3C[C@@H](O)C[C@@H](C(=O)O)O3)cn2)C1. The Bertz CT molecular complexity index is 2040. The highest BCUT2D eigenvalue weighted by Gasteiger charge is 2.49. The van der Waals surface area contributed by atoms with Gasteiger partial charge in [0.1, 0.15) is 17.6 Å². The van der Waals surface area contributed by atoms with E-state index in [9.17, 15) is 33.5 Å². The lowest BCUT2D eigenvalue weighted by atomic mass is 9.89. The molecule has 1 amide bonds. The number of aromatic nitrogens is 5. The molecule has 18 heteroatoms. The Morgan fingerprint density at radius 2 is 2.02 bits per heavy atom. The molecule has 0 radical (unpaired) electrons. The number of benzene rings is 1.